The van der Waals surface area contributed by atoms with Gasteiger partial charge in [-0.2, -0.15) is 0 Å². The first-order valence-corrected chi connectivity index (χ1v) is 7.60. The molecular weight excluding hydrogens is 264 g/mol. The zero-order chi connectivity index (χ0) is 14.7. The zero-order valence-electron chi connectivity index (χ0n) is 12.0. The second-order valence-corrected chi connectivity index (χ2v) is 5.75. The summed E-state index contributed by atoms with van der Waals surface area (Å²) in [6.45, 7) is 0.693. The molecule has 3 rings (SSSR count). The lowest BCUT2D eigenvalue weighted by Gasteiger charge is -2.21. The number of phenolic OH excluding ortho intramolecular Hbond substituents is 1. The van der Waals surface area contributed by atoms with Crippen molar-refractivity contribution in [2.45, 2.75) is 32.1 Å². The number of fused-ring (bicyclic) bond motifs is 1. The third-order valence-corrected chi connectivity index (χ3v) is 4.27. The van der Waals surface area contributed by atoms with Crippen LogP contribution >= 0.6 is 0 Å². The molecule has 1 aliphatic rings. The first-order chi connectivity index (χ1) is 10.3. The highest BCUT2D eigenvalue weighted by molar-refractivity contribution is 6.02. The van der Waals surface area contributed by atoms with E-state index in [1.165, 1.54) is 32.1 Å². The highest BCUT2D eigenvalue weighted by atomic mass is 16.3. The first kappa shape index (κ1) is 13.9. The monoisotopic (exact) mass is 284 g/mol. The van der Waals surface area contributed by atoms with Crippen LogP contribution in [-0.2, 0) is 0 Å². The standard InChI is InChI=1S/C17H20N2O2/c20-16-14(9-8-13-7-4-10-18-15(13)16)17(21)19-11-12-5-2-1-3-6-12/h4,7-10,12,20H,1-3,5-6,11H2,(H,19,21). The second kappa shape index (κ2) is 6.12. The summed E-state index contributed by atoms with van der Waals surface area (Å²) in [5.74, 6) is 0.322. The third-order valence-electron chi connectivity index (χ3n) is 4.27. The van der Waals surface area contributed by atoms with Gasteiger partial charge in [-0.15, -0.1) is 0 Å². The molecule has 4 nitrogen and oxygen atoms in total. The fourth-order valence-corrected chi connectivity index (χ4v) is 3.04. The summed E-state index contributed by atoms with van der Waals surface area (Å²) in [5.41, 5.74) is 0.778. The predicted octanol–water partition coefficient (Wildman–Crippen LogP) is 3.25. The highest BCUT2D eigenvalue weighted by Gasteiger charge is 2.17. The molecule has 0 radical (unpaired) electrons. The van der Waals surface area contributed by atoms with Crippen LogP contribution in [0, 0.1) is 5.92 Å². The molecule has 1 aromatic carbocycles. The summed E-state index contributed by atoms with van der Waals surface area (Å²) < 4.78 is 0. The van der Waals surface area contributed by atoms with Gasteiger partial charge in [-0.25, -0.2) is 0 Å². The molecule has 0 bridgehead atoms. The molecule has 0 saturated heterocycles. The Hall–Kier alpha value is -2.10. The van der Waals surface area contributed by atoms with Crippen molar-refractivity contribution in [1.29, 1.82) is 0 Å². The average Bonchev–Trinajstić information content (AvgIpc) is 2.54. The Labute approximate surface area is 124 Å². The molecule has 1 aromatic heterocycles. The number of rotatable bonds is 3. The van der Waals surface area contributed by atoms with Gasteiger partial charge in [-0.05, 0) is 30.9 Å². The number of hydrogen-bond acceptors (Lipinski definition) is 3. The van der Waals surface area contributed by atoms with E-state index in [-0.39, 0.29) is 11.7 Å². The van der Waals surface area contributed by atoms with Crippen LogP contribution in [0.25, 0.3) is 10.9 Å². The van der Waals surface area contributed by atoms with Gasteiger partial charge in [-0.1, -0.05) is 31.4 Å². The minimum Gasteiger partial charge on any atom is -0.505 e. The smallest absolute Gasteiger partial charge is 0.255 e. The molecule has 0 atom stereocenters. The molecule has 0 aliphatic heterocycles. The van der Waals surface area contributed by atoms with Gasteiger partial charge in [0.2, 0.25) is 0 Å². The van der Waals surface area contributed by atoms with Crippen LogP contribution in [0.4, 0.5) is 0 Å². The topological polar surface area (TPSA) is 62.2 Å². The van der Waals surface area contributed by atoms with Crippen LogP contribution < -0.4 is 5.32 Å². The molecule has 21 heavy (non-hydrogen) atoms. The Morgan fingerprint density at radius 1 is 1.24 bits per heavy atom. The van der Waals surface area contributed by atoms with Crippen molar-refractivity contribution in [3.8, 4) is 5.75 Å². The predicted molar refractivity (Wildman–Crippen MR) is 82.3 cm³/mol. The molecule has 2 aromatic rings. The summed E-state index contributed by atoms with van der Waals surface area (Å²) in [4.78, 5) is 16.4. The summed E-state index contributed by atoms with van der Waals surface area (Å²) in [7, 11) is 0. The maximum Gasteiger partial charge on any atom is 0.255 e. The van der Waals surface area contributed by atoms with Crippen molar-refractivity contribution in [2.24, 2.45) is 5.92 Å². The van der Waals surface area contributed by atoms with E-state index in [0.29, 0.717) is 23.5 Å². The summed E-state index contributed by atoms with van der Waals surface area (Å²) in [5, 5.41) is 14.0. The minimum atomic E-state index is -0.217. The van der Waals surface area contributed by atoms with Crippen molar-refractivity contribution in [2.75, 3.05) is 6.54 Å². The van der Waals surface area contributed by atoms with Gasteiger partial charge in [0.15, 0.2) is 5.75 Å². The van der Waals surface area contributed by atoms with Crippen LogP contribution in [-0.4, -0.2) is 22.5 Å². The molecule has 0 unspecified atom stereocenters. The van der Waals surface area contributed by atoms with Crippen molar-refractivity contribution < 1.29 is 9.90 Å². The number of pyridine rings is 1. The van der Waals surface area contributed by atoms with E-state index in [4.69, 9.17) is 0 Å². The molecule has 0 spiro atoms. The van der Waals surface area contributed by atoms with Gasteiger partial charge in [-0.3, -0.25) is 9.78 Å². The first-order valence-electron chi connectivity index (χ1n) is 7.60. The van der Waals surface area contributed by atoms with Crippen molar-refractivity contribution in [1.82, 2.24) is 10.3 Å². The number of aromatic nitrogens is 1. The number of benzene rings is 1. The lowest BCUT2D eigenvalue weighted by atomic mass is 9.89. The fourth-order valence-electron chi connectivity index (χ4n) is 3.04. The molecule has 110 valence electrons. The van der Waals surface area contributed by atoms with Gasteiger partial charge in [0.05, 0.1) is 5.56 Å². The molecule has 1 aliphatic carbocycles. The van der Waals surface area contributed by atoms with E-state index >= 15 is 0 Å². The van der Waals surface area contributed by atoms with E-state index in [1.54, 1.807) is 12.3 Å². The minimum absolute atomic E-state index is 0.0331. The summed E-state index contributed by atoms with van der Waals surface area (Å²) in [6, 6.07) is 7.16. The van der Waals surface area contributed by atoms with Crippen LogP contribution in [0.3, 0.4) is 0 Å². The number of hydrogen-bond donors (Lipinski definition) is 2. The van der Waals surface area contributed by atoms with E-state index < -0.39 is 0 Å². The SMILES string of the molecule is O=C(NCC1CCCCC1)c1ccc2cccnc2c1O. The number of carbonyl (C=O) groups is 1. The normalized spacial score (nSPS) is 16.0. The lowest BCUT2D eigenvalue weighted by Crippen LogP contribution is -2.30. The van der Waals surface area contributed by atoms with Crippen LogP contribution in [0.1, 0.15) is 42.5 Å². The van der Waals surface area contributed by atoms with E-state index in [0.717, 1.165) is 5.39 Å². The number of amides is 1. The van der Waals surface area contributed by atoms with Crippen molar-refractivity contribution >= 4 is 16.8 Å². The van der Waals surface area contributed by atoms with Crippen molar-refractivity contribution in [3.63, 3.8) is 0 Å². The summed E-state index contributed by atoms with van der Waals surface area (Å²) in [6.07, 6.45) is 7.81. The Morgan fingerprint density at radius 2 is 2.05 bits per heavy atom. The van der Waals surface area contributed by atoms with E-state index in [9.17, 15) is 9.90 Å². The Kier molecular flexibility index (Phi) is 4.04. The van der Waals surface area contributed by atoms with Crippen LogP contribution in [0.5, 0.6) is 5.75 Å². The van der Waals surface area contributed by atoms with E-state index in [2.05, 4.69) is 10.3 Å². The Morgan fingerprint density at radius 3 is 2.86 bits per heavy atom. The number of phenols is 1. The lowest BCUT2D eigenvalue weighted by molar-refractivity contribution is 0.0941. The molecular formula is C17H20N2O2. The number of aromatic hydroxyl groups is 1. The van der Waals surface area contributed by atoms with Gasteiger partial charge in [0.25, 0.3) is 5.91 Å². The second-order valence-electron chi connectivity index (χ2n) is 5.75. The molecule has 1 fully saturated rings. The number of nitrogens with one attached hydrogen (secondary N) is 1. The Bertz CT molecular complexity index is 648. The van der Waals surface area contributed by atoms with Gasteiger partial charge in [0.1, 0.15) is 5.52 Å². The molecule has 2 N–H and O–H groups in total. The number of nitrogens with zero attached hydrogens (tertiary/aromatic N) is 1. The molecule has 1 heterocycles. The molecule has 1 amide bonds. The highest BCUT2D eigenvalue weighted by Crippen LogP contribution is 2.27. The summed E-state index contributed by atoms with van der Waals surface area (Å²) >= 11 is 0. The maximum absolute atomic E-state index is 12.3. The molecule has 1 saturated carbocycles. The maximum atomic E-state index is 12.3. The zero-order valence-corrected chi connectivity index (χ0v) is 12.0. The third kappa shape index (κ3) is 2.99. The van der Waals surface area contributed by atoms with Gasteiger partial charge >= 0.3 is 0 Å². The van der Waals surface area contributed by atoms with Gasteiger partial charge in [0, 0.05) is 18.1 Å². The number of carbonyl (C=O) groups excluding carboxylic acids is 1. The largest absolute Gasteiger partial charge is 0.505 e. The van der Waals surface area contributed by atoms with Gasteiger partial charge < -0.3 is 10.4 Å². The van der Waals surface area contributed by atoms with E-state index in [1.807, 2.05) is 18.2 Å². The van der Waals surface area contributed by atoms with Crippen molar-refractivity contribution in [3.05, 3.63) is 36.0 Å². The molecule has 4 heteroatoms. The van der Waals surface area contributed by atoms with Crippen LogP contribution in [0.2, 0.25) is 0 Å². The quantitative estimate of drug-likeness (QED) is 0.909. The van der Waals surface area contributed by atoms with Crippen LogP contribution in [0.15, 0.2) is 30.5 Å². The Balaban J connectivity index is 1.73. The average molecular weight is 284 g/mol. The fraction of sp³-hybridized carbons (Fsp3) is 0.412.